The first-order chi connectivity index (χ1) is 11.3. The minimum Gasteiger partial charge on any atom is -0.386 e. The fourth-order valence-electron chi connectivity index (χ4n) is 2.26. The number of H-pyrrole nitrogens is 1. The van der Waals surface area contributed by atoms with E-state index in [1.54, 1.807) is 6.07 Å². The molecule has 2 aromatic rings. The minimum absolute atomic E-state index is 0.107. The number of nitrogens with zero attached hydrogens (tertiary/aromatic N) is 3. The Morgan fingerprint density at radius 2 is 2.29 bits per heavy atom. The van der Waals surface area contributed by atoms with E-state index in [1.807, 2.05) is 6.42 Å². The average Bonchev–Trinajstić information content (AvgIpc) is 3.17. The SMILES string of the molecule is Cn1nc(OC(F)(F)F)cc1C(=O)Nc1cc([C@H]2C[CH]CO2)[nH]n1. The maximum atomic E-state index is 12.2. The van der Waals surface area contributed by atoms with Gasteiger partial charge in [0, 0.05) is 19.2 Å². The largest absolute Gasteiger partial charge is 0.574 e. The number of aromatic nitrogens is 4. The van der Waals surface area contributed by atoms with Gasteiger partial charge < -0.3 is 14.8 Å². The number of carbonyl (C=O) groups excluding carboxylic acids is 1. The number of carbonyl (C=O) groups is 1. The standard InChI is InChI=1S/C13H13F3N5O3/c1-21-8(6-11(20-21)24-13(14,15)16)12(22)17-10-5-7(18-19-10)9-3-2-4-23-9/h2,5-6,9H,3-4H2,1H3,(H2,17,18,19,22)/t9-/m1/s1. The van der Waals surface area contributed by atoms with E-state index in [0.29, 0.717) is 12.3 Å². The molecule has 2 aromatic heterocycles. The highest BCUT2D eigenvalue weighted by molar-refractivity contribution is 6.02. The number of anilines is 1. The van der Waals surface area contributed by atoms with Crippen molar-refractivity contribution in [1.29, 1.82) is 0 Å². The van der Waals surface area contributed by atoms with Gasteiger partial charge in [0.15, 0.2) is 5.82 Å². The van der Waals surface area contributed by atoms with Crippen LogP contribution < -0.4 is 10.1 Å². The summed E-state index contributed by atoms with van der Waals surface area (Å²) in [5.74, 6) is -1.16. The first-order valence-electron chi connectivity index (χ1n) is 6.91. The summed E-state index contributed by atoms with van der Waals surface area (Å²) >= 11 is 0. The van der Waals surface area contributed by atoms with Crippen molar-refractivity contribution in [3.63, 3.8) is 0 Å². The van der Waals surface area contributed by atoms with E-state index >= 15 is 0 Å². The van der Waals surface area contributed by atoms with Gasteiger partial charge in [-0.1, -0.05) is 0 Å². The van der Waals surface area contributed by atoms with Crippen molar-refractivity contribution in [3.8, 4) is 5.88 Å². The molecule has 11 heteroatoms. The minimum atomic E-state index is -4.88. The number of nitrogens with one attached hydrogen (secondary N) is 2. The van der Waals surface area contributed by atoms with Crippen LogP contribution >= 0.6 is 0 Å². The topological polar surface area (TPSA) is 94.1 Å². The molecule has 0 bridgehead atoms. The molecule has 24 heavy (non-hydrogen) atoms. The summed E-state index contributed by atoms with van der Waals surface area (Å²) in [6.45, 7) is 0.544. The predicted molar refractivity (Wildman–Crippen MR) is 74.0 cm³/mol. The van der Waals surface area contributed by atoms with Crippen LogP contribution in [-0.4, -0.2) is 38.9 Å². The number of amides is 1. The zero-order valence-corrected chi connectivity index (χ0v) is 12.4. The third-order valence-electron chi connectivity index (χ3n) is 3.29. The highest BCUT2D eigenvalue weighted by atomic mass is 19.4. The van der Waals surface area contributed by atoms with E-state index in [0.717, 1.165) is 17.2 Å². The molecule has 1 saturated heterocycles. The zero-order valence-electron chi connectivity index (χ0n) is 12.4. The second kappa shape index (κ2) is 6.15. The number of ether oxygens (including phenoxy) is 2. The van der Waals surface area contributed by atoms with Crippen molar-refractivity contribution < 1.29 is 27.4 Å². The Bertz CT molecular complexity index is 734. The molecule has 1 amide bonds. The molecule has 0 saturated carbocycles. The number of rotatable bonds is 4. The number of halogens is 3. The van der Waals surface area contributed by atoms with Crippen LogP contribution in [-0.2, 0) is 11.8 Å². The lowest BCUT2D eigenvalue weighted by Crippen LogP contribution is -2.17. The second-order valence-electron chi connectivity index (χ2n) is 5.05. The van der Waals surface area contributed by atoms with Crippen LogP contribution in [0, 0.1) is 6.42 Å². The first kappa shape index (κ1) is 16.3. The number of hydrogen-bond donors (Lipinski definition) is 2. The molecule has 3 rings (SSSR count). The molecule has 3 heterocycles. The van der Waals surface area contributed by atoms with Crippen molar-refractivity contribution in [1.82, 2.24) is 20.0 Å². The summed E-state index contributed by atoms with van der Waals surface area (Å²) in [6.07, 6.45) is -2.32. The van der Waals surface area contributed by atoms with E-state index < -0.39 is 18.1 Å². The summed E-state index contributed by atoms with van der Waals surface area (Å²) in [5, 5.41) is 12.6. The molecule has 0 spiro atoms. The number of aromatic amines is 1. The molecule has 1 radical (unpaired) electrons. The molecule has 1 aliphatic heterocycles. The first-order valence-corrected chi connectivity index (χ1v) is 6.91. The predicted octanol–water partition coefficient (Wildman–Crippen LogP) is 1.96. The fourth-order valence-corrected chi connectivity index (χ4v) is 2.26. The van der Waals surface area contributed by atoms with Crippen LogP contribution in [0.15, 0.2) is 12.1 Å². The van der Waals surface area contributed by atoms with Crippen LogP contribution in [0.1, 0.15) is 28.7 Å². The smallest absolute Gasteiger partial charge is 0.386 e. The summed E-state index contributed by atoms with van der Waals surface area (Å²) in [6, 6.07) is 2.50. The van der Waals surface area contributed by atoms with Crippen LogP contribution in [0.3, 0.4) is 0 Å². The van der Waals surface area contributed by atoms with E-state index in [2.05, 4.69) is 25.3 Å². The lowest BCUT2D eigenvalue weighted by atomic mass is 10.2. The Kier molecular flexibility index (Phi) is 4.18. The van der Waals surface area contributed by atoms with Crippen LogP contribution in [0.2, 0.25) is 0 Å². The number of alkyl halides is 3. The maximum absolute atomic E-state index is 12.2. The molecule has 0 aliphatic carbocycles. The third-order valence-corrected chi connectivity index (χ3v) is 3.29. The second-order valence-corrected chi connectivity index (χ2v) is 5.05. The lowest BCUT2D eigenvalue weighted by Gasteiger charge is -2.04. The van der Waals surface area contributed by atoms with Gasteiger partial charge in [-0.2, -0.15) is 5.10 Å². The van der Waals surface area contributed by atoms with Crippen LogP contribution in [0.25, 0.3) is 0 Å². The van der Waals surface area contributed by atoms with Crippen LogP contribution in [0.4, 0.5) is 19.0 Å². The average molecular weight is 344 g/mol. The summed E-state index contributed by atoms with van der Waals surface area (Å²) in [7, 11) is 1.33. The quantitative estimate of drug-likeness (QED) is 0.884. The van der Waals surface area contributed by atoms with Gasteiger partial charge in [0.1, 0.15) is 5.69 Å². The molecule has 0 aromatic carbocycles. The Morgan fingerprint density at radius 1 is 1.50 bits per heavy atom. The molecule has 8 nitrogen and oxygen atoms in total. The van der Waals surface area contributed by atoms with Gasteiger partial charge in [0.05, 0.1) is 18.4 Å². The summed E-state index contributed by atoms with van der Waals surface area (Å²) in [5.41, 5.74) is 0.592. The van der Waals surface area contributed by atoms with E-state index in [-0.39, 0.29) is 17.6 Å². The fraction of sp³-hybridized carbons (Fsp3) is 0.385. The molecule has 1 fully saturated rings. The molecule has 0 unspecified atom stereocenters. The number of aryl methyl sites for hydroxylation is 1. The third kappa shape index (κ3) is 3.67. The summed E-state index contributed by atoms with van der Waals surface area (Å²) in [4.78, 5) is 12.1. The monoisotopic (exact) mass is 344 g/mol. The van der Waals surface area contributed by atoms with Crippen molar-refractivity contribution in [2.45, 2.75) is 18.9 Å². The number of hydrogen-bond acceptors (Lipinski definition) is 5. The molecular weight excluding hydrogens is 331 g/mol. The van der Waals surface area contributed by atoms with Crippen molar-refractivity contribution in [3.05, 3.63) is 29.9 Å². The van der Waals surface area contributed by atoms with Crippen molar-refractivity contribution in [2.24, 2.45) is 7.05 Å². The zero-order chi connectivity index (χ0) is 17.3. The molecule has 1 aliphatic rings. The molecule has 129 valence electrons. The van der Waals surface area contributed by atoms with E-state index in [9.17, 15) is 18.0 Å². The Morgan fingerprint density at radius 3 is 2.96 bits per heavy atom. The Labute approximate surface area is 133 Å². The van der Waals surface area contributed by atoms with Gasteiger partial charge in [0.25, 0.3) is 5.91 Å². The normalized spacial score (nSPS) is 17.9. The van der Waals surface area contributed by atoms with Gasteiger partial charge in [-0.25, -0.2) is 0 Å². The van der Waals surface area contributed by atoms with Gasteiger partial charge in [-0.3, -0.25) is 14.6 Å². The maximum Gasteiger partial charge on any atom is 0.574 e. The molecular formula is C13H13F3N5O3. The lowest BCUT2D eigenvalue weighted by molar-refractivity contribution is -0.276. The highest BCUT2D eigenvalue weighted by Crippen LogP contribution is 2.28. The van der Waals surface area contributed by atoms with Gasteiger partial charge in [-0.15, -0.1) is 18.3 Å². The van der Waals surface area contributed by atoms with E-state index in [4.69, 9.17) is 4.74 Å². The molecule has 1 atom stereocenters. The highest BCUT2D eigenvalue weighted by Gasteiger charge is 2.33. The van der Waals surface area contributed by atoms with E-state index in [1.165, 1.54) is 7.05 Å². The van der Waals surface area contributed by atoms with Crippen molar-refractivity contribution >= 4 is 11.7 Å². The Hall–Kier alpha value is -2.56. The molecule has 2 N–H and O–H groups in total. The van der Waals surface area contributed by atoms with Gasteiger partial charge in [-0.05, 0) is 12.8 Å². The van der Waals surface area contributed by atoms with Gasteiger partial charge in [0.2, 0.25) is 5.88 Å². The van der Waals surface area contributed by atoms with Crippen molar-refractivity contribution in [2.75, 3.05) is 11.9 Å². The Balaban J connectivity index is 1.68. The summed E-state index contributed by atoms with van der Waals surface area (Å²) < 4.78 is 46.6. The van der Waals surface area contributed by atoms with Gasteiger partial charge >= 0.3 is 6.36 Å². The van der Waals surface area contributed by atoms with Crippen LogP contribution in [0.5, 0.6) is 5.88 Å².